The second-order valence-corrected chi connectivity index (χ2v) is 5.22. The number of nitriles is 1. The quantitative estimate of drug-likeness (QED) is 0.907. The van der Waals surface area contributed by atoms with Crippen molar-refractivity contribution in [2.75, 3.05) is 25.5 Å². The molecule has 0 fully saturated rings. The van der Waals surface area contributed by atoms with E-state index in [9.17, 15) is 0 Å². The number of rotatable bonds is 5. The van der Waals surface area contributed by atoms with Crippen molar-refractivity contribution in [2.45, 2.75) is 19.9 Å². The topological polar surface area (TPSA) is 39.1 Å². The third kappa shape index (κ3) is 4.37. The monoisotopic (exact) mass is 295 g/mol. The van der Waals surface area contributed by atoms with Gasteiger partial charge in [0.25, 0.3) is 0 Å². The molecule has 17 heavy (non-hydrogen) atoms. The van der Waals surface area contributed by atoms with Gasteiger partial charge in [0.1, 0.15) is 6.07 Å². The Morgan fingerprint density at radius 1 is 1.47 bits per heavy atom. The Hall–Kier alpha value is -1.05. The van der Waals surface area contributed by atoms with Crippen molar-refractivity contribution in [3.8, 4) is 6.07 Å². The molecule has 0 heterocycles. The lowest BCUT2D eigenvalue weighted by atomic mass is 10.2. The molecule has 0 radical (unpaired) electrons. The Balaban J connectivity index is 2.55. The van der Waals surface area contributed by atoms with Gasteiger partial charge in [0.2, 0.25) is 0 Å². The summed E-state index contributed by atoms with van der Waals surface area (Å²) in [5, 5.41) is 12.3. The minimum atomic E-state index is 0.539. The minimum absolute atomic E-state index is 0.539. The zero-order valence-electron chi connectivity index (χ0n) is 10.5. The number of nitrogens with one attached hydrogen (secondary N) is 1. The van der Waals surface area contributed by atoms with Crippen molar-refractivity contribution >= 4 is 21.6 Å². The lowest BCUT2D eigenvalue weighted by Gasteiger charge is -2.21. The van der Waals surface area contributed by atoms with Crippen molar-refractivity contribution in [1.82, 2.24) is 4.90 Å². The average molecular weight is 296 g/mol. The van der Waals surface area contributed by atoms with E-state index in [4.69, 9.17) is 5.26 Å². The number of nitrogens with zero attached hydrogens (tertiary/aromatic N) is 2. The van der Waals surface area contributed by atoms with Gasteiger partial charge in [-0.2, -0.15) is 5.26 Å². The predicted molar refractivity (Wildman–Crippen MR) is 75.1 cm³/mol. The fourth-order valence-corrected chi connectivity index (χ4v) is 1.75. The molecular weight excluding hydrogens is 278 g/mol. The van der Waals surface area contributed by atoms with Crippen LogP contribution in [0.25, 0.3) is 0 Å². The molecule has 0 amide bonds. The second kappa shape index (κ2) is 6.63. The Kier molecular flexibility index (Phi) is 5.46. The molecule has 1 aromatic carbocycles. The molecule has 0 spiro atoms. The molecule has 0 aliphatic carbocycles. The third-order valence-corrected chi connectivity index (χ3v) is 3.26. The molecule has 0 aromatic heterocycles. The molecule has 0 aliphatic heterocycles. The van der Waals surface area contributed by atoms with Crippen molar-refractivity contribution in [2.24, 2.45) is 0 Å². The fourth-order valence-electron chi connectivity index (χ4n) is 1.39. The molecule has 92 valence electrons. The highest BCUT2D eigenvalue weighted by Crippen LogP contribution is 2.19. The molecule has 3 nitrogen and oxygen atoms in total. The van der Waals surface area contributed by atoms with Crippen molar-refractivity contribution in [3.05, 3.63) is 28.2 Å². The highest BCUT2D eigenvalue weighted by atomic mass is 79.9. The lowest BCUT2D eigenvalue weighted by molar-refractivity contribution is 0.284. The van der Waals surface area contributed by atoms with E-state index in [2.05, 4.69) is 53.1 Å². The van der Waals surface area contributed by atoms with Gasteiger partial charge in [-0.15, -0.1) is 0 Å². The maximum atomic E-state index is 9.02. The molecule has 1 aromatic rings. The standard InChI is InChI=1S/C13H18BrN3/c1-10(2)17(3)7-6-16-13-5-4-12(14)8-11(13)9-15/h4-5,8,10,16H,6-7H2,1-3H3. The lowest BCUT2D eigenvalue weighted by Crippen LogP contribution is -2.31. The maximum absolute atomic E-state index is 9.02. The second-order valence-electron chi connectivity index (χ2n) is 4.30. The van der Waals surface area contributed by atoms with Crippen molar-refractivity contribution < 1.29 is 0 Å². The average Bonchev–Trinajstić information content (AvgIpc) is 2.30. The van der Waals surface area contributed by atoms with Crippen LogP contribution in [0.3, 0.4) is 0 Å². The fraction of sp³-hybridized carbons (Fsp3) is 0.462. The molecule has 4 heteroatoms. The van der Waals surface area contributed by atoms with E-state index in [1.54, 1.807) is 0 Å². The molecule has 0 saturated heterocycles. The summed E-state index contributed by atoms with van der Waals surface area (Å²) in [7, 11) is 2.10. The summed E-state index contributed by atoms with van der Waals surface area (Å²) >= 11 is 3.36. The van der Waals surface area contributed by atoms with E-state index in [0.29, 0.717) is 11.6 Å². The number of halogens is 1. The van der Waals surface area contributed by atoms with E-state index in [-0.39, 0.29) is 0 Å². The van der Waals surface area contributed by atoms with Gasteiger partial charge in [0.05, 0.1) is 11.3 Å². The number of hydrogen-bond acceptors (Lipinski definition) is 3. The van der Waals surface area contributed by atoms with Crippen LogP contribution < -0.4 is 5.32 Å². The van der Waals surface area contributed by atoms with Crippen LogP contribution in [0.5, 0.6) is 0 Å². The van der Waals surface area contributed by atoms with Gasteiger partial charge in [-0.05, 0) is 39.1 Å². The summed E-state index contributed by atoms with van der Waals surface area (Å²) < 4.78 is 0.930. The molecule has 0 aliphatic rings. The van der Waals surface area contributed by atoms with E-state index >= 15 is 0 Å². The molecule has 0 unspecified atom stereocenters. The number of benzene rings is 1. The van der Waals surface area contributed by atoms with E-state index in [0.717, 1.165) is 23.2 Å². The number of likely N-dealkylation sites (N-methyl/N-ethyl adjacent to an activating group) is 1. The first-order valence-electron chi connectivity index (χ1n) is 5.68. The van der Waals surface area contributed by atoms with Crippen LogP contribution in [0.15, 0.2) is 22.7 Å². The van der Waals surface area contributed by atoms with E-state index in [1.807, 2.05) is 18.2 Å². The van der Waals surface area contributed by atoms with Crippen LogP contribution >= 0.6 is 15.9 Å². The highest BCUT2D eigenvalue weighted by Gasteiger charge is 2.04. The molecule has 0 bridgehead atoms. The van der Waals surface area contributed by atoms with Crippen molar-refractivity contribution in [1.29, 1.82) is 5.26 Å². The van der Waals surface area contributed by atoms with Crippen molar-refractivity contribution in [3.63, 3.8) is 0 Å². The smallest absolute Gasteiger partial charge is 0.101 e. The minimum Gasteiger partial charge on any atom is -0.383 e. The van der Waals surface area contributed by atoms with E-state index < -0.39 is 0 Å². The first-order valence-corrected chi connectivity index (χ1v) is 6.47. The Labute approximate surface area is 112 Å². The van der Waals surface area contributed by atoms with Crippen LogP contribution in [-0.2, 0) is 0 Å². The van der Waals surface area contributed by atoms with Crippen LogP contribution in [0.1, 0.15) is 19.4 Å². The molecule has 1 rings (SSSR count). The van der Waals surface area contributed by atoms with Crippen LogP contribution in [-0.4, -0.2) is 31.1 Å². The summed E-state index contributed by atoms with van der Waals surface area (Å²) in [4.78, 5) is 2.26. The largest absolute Gasteiger partial charge is 0.383 e. The summed E-state index contributed by atoms with van der Waals surface area (Å²) in [5.74, 6) is 0. The van der Waals surface area contributed by atoms with Gasteiger partial charge in [0, 0.05) is 23.6 Å². The number of anilines is 1. The van der Waals surface area contributed by atoms with Crippen LogP contribution in [0.2, 0.25) is 0 Å². The normalized spacial score (nSPS) is 10.6. The Morgan fingerprint density at radius 2 is 2.18 bits per heavy atom. The summed E-state index contributed by atoms with van der Waals surface area (Å²) in [6.45, 7) is 6.13. The number of hydrogen-bond donors (Lipinski definition) is 1. The third-order valence-electron chi connectivity index (χ3n) is 2.76. The first-order chi connectivity index (χ1) is 8.04. The molecule has 0 atom stereocenters. The zero-order chi connectivity index (χ0) is 12.8. The molecule has 0 saturated carbocycles. The first kappa shape index (κ1) is 14.0. The predicted octanol–water partition coefficient (Wildman–Crippen LogP) is 3.07. The van der Waals surface area contributed by atoms with Gasteiger partial charge < -0.3 is 10.2 Å². The van der Waals surface area contributed by atoms with Gasteiger partial charge in [-0.3, -0.25) is 0 Å². The summed E-state index contributed by atoms with van der Waals surface area (Å²) in [6.07, 6.45) is 0. The Morgan fingerprint density at radius 3 is 2.76 bits per heavy atom. The highest BCUT2D eigenvalue weighted by molar-refractivity contribution is 9.10. The van der Waals surface area contributed by atoms with Gasteiger partial charge in [-0.1, -0.05) is 15.9 Å². The van der Waals surface area contributed by atoms with Gasteiger partial charge in [0.15, 0.2) is 0 Å². The van der Waals surface area contributed by atoms with E-state index in [1.165, 1.54) is 0 Å². The summed E-state index contributed by atoms with van der Waals surface area (Å²) in [5.41, 5.74) is 1.57. The summed E-state index contributed by atoms with van der Waals surface area (Å²) in [6, 6.07) is 8.43. The van der Waals surface area contributed by atoms with Gasteiger partial charge >= 0.3 is 0 Å². The molecular formula is C13H18BrN3. The van der Waals surface area contributed by atoms with Gasteiger partial charge in [-0.25, -0.2) is 0 Å². The SMILES string of the molecule is CC(C)N(C)CCNc1ccc(Br)cc1C#N. The maximum Gasteiger partial charge on any atom is 0.101 e. The zero-order valence-corrected chi connectivity index (χ0v) is 12.1. The van der Waals surface area contributed by atoms with Crippen LogP contribution in [0.4, 0.5) is 5.69 Å². The Bertz CT molecular complexity index is 410. The molecule has 1 N–H and O–H groups in total. The van der Waals surface area contributed by atoms with Crippen LogP contribution in [0, 0.1) is 11.3 Å².